The number of ether oxygens (including phenoxy) is 1. The lowest BCUT2D eigenvalue weighted by molar-refractivity contribution is 0.0975. The van der Waals surface area contributed by atoms with Crippen LogP contribution in [0.3, 0.4) is 0 Å². The fourth-order valence-electron chi connectivity index (χ4n) is 5.20. The van der Waals surface area contributed by atoms with E-state index in [9.17, 15) is 13.6 Å². The molecule has 4 nitrogen and oxygen atoms in total. The highest BCUT2D eigenvalue weighted by molar-refractivity contribution is 9.10. The molecule has 1 fully saturated rings. The van der Waals surface area contributed by atoms with Crippen LogP contribution in [0.1, 0.15) is 34.3 Å². The maximum atomic E-state index is 13.6. The summed E-state index contributed by atoms with van der Waals surface area (Å²) in [5.41, 5.74) is 3.30. The lowest BCUT2D eigenvalue weighted by atomic mass is 9.74. The third-order valence-electron chi connectivity index (χ3n) is 7.05. The number of rotatable bonds is 4. The molecule has 7 heteroatoms. The third-order valence-corrected chi connectivity index (χ3v) is 7.54. The monoisotopic (exact) mass is 526 g/mol. The molecule has 0 atom stereocenters. The Balaban J connectivity index is 1.40. The van der Waals surface area contributed by atoms with Crippen LogP contribution in [0.5, 0.6) is 5.75 Å². The Morgan fingerprint density at radius 2 is 1.82 bits per heavy atom. The molecule has 2 aliphatic heterocycles. The van der Waals surface area contributed by atoms with Crippen molar-refractivity contribution in [2.75, 3.05) is 31.6 Å². The van der Waals surface area contributed by atoms with Crippen LogP contribution in [0.4, 0.5) is 14.5 Å². The summed E-state index contributed by atoms with van der Waals surface area (Å²) < 4.78 is 33.3. The van der Waals surface area contributed by atoms with E-state index in [1.54, 1.807) is 13.2 Å². The molecule has 0 saturated carbocycles. The predicted molar refractivity (Wildman–Crippen MR) is 131 cm³/mol. The van der Waals surface area contributed by atoms with Crippen molar-refractivity contribution in [3.05, 3.63) is 93.5 Å². The minimum atomic E-state index is -0.826. The molecule has 0 aliphatic carbocycles. The summed E-state index contributed by atoms with van der Waals surface area (Å²) in [4.78, 5) is 17.7. The summed E-state index contributed by atoms with van der Waals surface area (Å²) in [7, 11) is 1.65. The van der Waals surface area contributed by atoms with Gasteiger partial charge in [0.2, 0.25) is 0 Å². The highest BCUT2D eigenvalue weighted by Crippen LogP contribution is 2.48. The molecular weight excluding hydrogens is 502 g/mol. The molecule has 2 heterocycles. The topological polar surface area (TPSA) is 32.8 Å². The molecule has 0 unspecified atom stereocenters. The third kappa shape index (κ3) is 4.23. The summed E-state index contributed by atoms with van der Waals surface area (Å²) in [5, 5.41) is 0. The lowest BCUT2D eigenvalue weighted by Crippen LogP contribution is -2.45. The number of fused-ring (bicyclic) bond motifs is 2. The van der Waals surface area contributed by atoms with Crippen molar-refractivity contribution in [2.24, 2.45) is 0 Å². The van der Waals surface area contributed by atoms with Crippen molar-refractivity contribution in [2.45, 2.75) is 24.8 Å². The van der Waals surface area contributed by atoms with E-state index in [0.29, 0.717) is 18.7 Å². The van der Waals surface area contributed by atoms with Crippen LogP contribution >= 0.6 is 15.9 Å². The summed E-state index contributed by atoms with van der Waals surface area (Å²) >= 11 is 3.46. The summed E-state index contributed by atoms with van der Waals surface area (Å²) in [6.07, 6.45) is 1.72. The van der Waals surface area contributed by atoms with E-state index in [1.165, 1.54) is 12.1 Å². The van der Waals surface area contributed by atoms with Crippen LogP contribution in [0.2, 0.25) is 0 Å². The van der Waals surface area contributed by atoms with Crippen LogP contribution in [0.15, 0.2) is 65.1 Å². The van der Waals surface area contributed by atoms with E-state index in [1.807, 2.05) is 41.3 Å². The molecule has 2 aliphatic rings. The smallest absolute Gasteiger partial charge is 0.258 e. The van der Waals surface area contributed by atoms with Crippen LogP contribution in [0, 0.1) is 11.6 Å². The maximum absolute atomic E-state index is 13.6. The van der Waals surface area contributed by atoms with Gasteiger partial charge in [0.05, 0.1) is 7.11 Å². The second kappa shape index (κ2) is 9.12. The van der Waals surface area contributed by atoms with Gasteiger partial charge in [-0.2, -0.15) is 0 Å². The fraction of sp³-hybridized carbons (Fsp3) is 0.296. The van der Waals surface area contributed by atoms with Crippen LogP contribution in [-0.4, -0.2) is 37.6 Å². The van der Waals surface area contributed by atoms with E-state index in [2.05, 4.69) is 26.9 Å². The van der Waals surface area contributed by atoms with E-state index in [0.717, 1.165) is 53.0 Å². The van der Waals surface area contributed by atoms with Crippen LogP contribution in [0.25, 0.3) is 0 Å². The number of amides is 1. The molecule has 1 amide bonds. The number of hydrogen-bond acceptors (Lipinski definition) is 3. The second-order valence-corrected chi connectivity index (χ2v) is 10.0. The molecule has 34 heavy (non-hydrogen) atoms. The van der Waals surface area contributed by atoms with Gasteiger partial charge < -0.3 is 9.64 Å². The largest absolute Gasteiger partial charge is 0.497 e. The van der Waals surface area contributed by atoms with Crippen LogP contribution < -0.4 is 9.64 Å². The van der Waals surface area contributed by atoms with E-state index in [4.69, 9.17) is 4.74 Å². The second-order valence-electron chi connectivity index (χ2n) is 9.09. The van der Waals surface area contributed by atoms with Crippen molar-refractivity contribution in [3.8, 4) is 5.75 Å². The Kier molecular flexibility index (Phi) is 6.16. The van der Waals surface area contributed by atoms with Gasteiger partial charge in [-0.15, -0.1) is 0 Å². The number of carbonyl (C=O) groups is 1. The Bertz CT molecular complexity index is 1240. The number of nitrogens with zero attached hydrogens (tertiary/aromatic N) is 2. The van der Waals surface area contributed by atoms with Crippen molar-refractivity contribution in [1.82, 2.24) is 4.90 Å². The minimum Gasteiger partial charge on any atom is -0.497 e. The molecule has 176 valence electrons. The normalized spacial score (nSPS) is 17.1. The first-order chi connectivity index (χ1) is 16.4. The summed E-state index contributed by atoms with van der Waals surface area (Å²) in [6.45, 7) is 2.78. The molecule has 3 aromatic carbocycles. The van der Waals surface area contributed by atoms with Crippen molar-refractivity contribution >= 4 is 27.5 Å². The first kappa shape index (κ1) is 23.0. The number of piperidine rings is 1. The van der Waals surface area contributed by atoms with Gasteiger partial charge in [-0.25, -0.2) is 8.78 Å². The maximum Gasteiger partial charge on any atom is 0.258 e. The highest BCUT2D eigenvalue weighted by Gasteiger charge is 2.46. The molecule has 3 aromatic rings. The predicted octanol–water partition coefficient (Wildman–Crippen LogP) is 5.93. The fourth-order valence-corrected chi connectivity index (χ4v) is 5.60. The Morgan fingerprint density at radius 1 is 1.03 bits per heavy atom. The minimum absolute atomic E-state index is 0.0196. The number of anilines is 1. The quantitative estimate of drug-likeness (QED) is 0.422. The molecule has 1 saturated heterocycles. The zero-order valence-electron chi connectivity index (χ0n) is 18.9. The standard InChI is InChI=1S/C27H25BrF2N2O2/c1-34-21-6-8-25-22(15-21)27(17-32(25)26(33)19-3-2-4-20(28)14-19)9-11-31(12-10-27)16-18-5-7-23(29)24(30)13-18/h2-8,13-15H,9-12,16-17H2,1H3. The Hall–Kier alpha value is -2.77. The van der Waals surface area contributed by atoms with Gasteiger partial charge in [0.1, 0.15) is 5.75 Å². The molecule has 5 rings (SSSR count). The first-order valence-corrected chi connectivity index (χ1v) is 12.1. The van der Waals surface area contributed by atoms with Crippen molar-refractivity contribution in [1.29, 1.82) is 0 Å². The number of benzene rings is 3. The van der Waals surface area contributed by atoms with Gasteiger partial charge in [-0.05, 0) is 85.6 Å². The number of carbonyl (C=O) groups excluding carboxylic acids is 1. The van der Waals surface area contributed by atoms with Gasteiger partial charge in [0.25, 0.3) is 5.91 Å². The van der Waals surface area contributed by atoms with E-state index < -0.39 is 11.6 Å². The summed E-state index contributed by atoms with van der Waals surface area (Å²) in [5.74, 6) is -0.884. The number of likely N-dealkylation sites (tertiary alicyclic amines) is 1. The first-order valence-electron chi connectivity index (χ1n) is 11.3. The van der Waals surface area contributed by atoms with Gasteiger partial charge in [0, 0.05) is 34.2 Å². The number of halogens is 3. The van der Waals surface area contributed by atoms with Gasteiger partial charge >= 0.3 is 0 Å². The van der Waals surface area contributed by atoms with E-state index in [-0.39, 0.29) is 11.3 Å². The SMILES string of the molecule is COc1ccc2c(c1)C1(CCN(Cc3ccc(F)c(F)c3)CC1)CN2C(=O)c1cccc(Br)c1. The van der Waals surface area contributed by atoms with Crippen molar-refractivity contribution < 1.29 is 18.3 Å². The van der Waals surface area contributed by atoms with Crippen LogP contribution in [-0.2, 0) is 12.0 Å². The zero-order valence-corrected chi connectivity index (χ0v) is 20.4. The average molecular weight is 527 g/mol. The molecule has 0 aromatic heterocycles. The van der Waals surface area contributed by atoms with Gasteiger partial charge in [0.15, 0.2) is 11.6 Å². The molecule has 0 bridgehead atoms. The molecule has 1 spiro atoms. The van der Waals surface area contributed by atoms with Gasteiger partial charge in [-0.1, -0.05) is 28.1 Å². The van der Waals surface area contributed by atoms with Crippen molar-refractivity contribution in [3.63, 3.8) is 0 Å². The Morgan fingerprint density at radius 3 is 2.53 bits per heavy atom. The van der Waals surface area contributed by atoms with E-state index >= 15 is 0 Å². The molecular formula is C27H25BrF2N2O2. The average Bonchev–Trinajstić information content (AvgIpc) is 3.15. The Labute approximate surface area is 206 Å². The zero-order chi connectivity index (χ0) is 23.9. The number of methoxy groups -OCH3 is 1. The van der Waals surface area contributed by atoms with Gasteiger partial charge in [-0.3, -0.25) is 9.69 Å². The summed E-state index contributed by atoms with van der Waals surface area (Å²) in [6, 6.07) is 17.5. The molecule has 0 radical (unpaired) electrons. The number of hydrogen-bond donors (Lipinski definition) is 0. The lowest BCUT2D eigenvalue weighted by Gasteiger charge is -2.40. The highest BCUT2D eigenvalue weighted by atomic mass is 79.9. The molecule has 0 N–H and O–H groups in total.